The Kier molecular flexibility index (Phi) is 9.12. The molecule has 2 aromatic carbocycles. The maximum Gasteiger partial charge on any atom is 0.0426 e. The highest BCUT2D eigenvalue weighted by Crippen LogP contribution is 2.19. The lowest BCUT2D eigenvalue weighted by atomic mass is 10.0. The van der Waals surface area contributed by atoms with Gasteiger partial charge in [0.1, 0.15) is 0 Å². The van der Waals surface area contributed by atoms with Crippen LogP contribution in [-0.2, 0) is 6.42 Å². The number of rotatable bonds is 9. The summed E-state index contributed by atoms with van der Waals surface area (Å²) >= 11 is 0. The summed E-state index contributed by atoms with van der Waals surface area (Å²) in [5, 5.41) is 6.89. The summed E-state index contributed by atoms with van der Waals surface area (Å²) in [6.07, 6.45) is 18.9. The Morgan fingerprint density at radius 1 is 0.897 bits per heavy atom. The first kappa shape index (κ1) is 21.9. The molecule has 0 saturated carbocycles. The molecule has 0 heterocycles. The minimum atomic E-state index is 0.805. The van der Waals surface area contributed by atoms with Gasteiger partial charge in [0.25, 0.3) is 0 Å². The van der Waals surface area contributed by atoms with E-state index in [1.54, 1.807) is 0 Å². The number of hydrogen-bond donors (Lipinski definition) is 2. The summed E-state index contributed by atoms with van der Waals surface area (Å²) in [7, 11) is 1.96. The van der Waals surface area contributed by atoms with E-state index in [-0.39, 0.29) is 0 Å². The third-order valence-corrected chi connectivity index (χ3v) is 4.57. The van der Waals surface area contributed by atoms with Crippen LogP contribution in [-0.4, -0.2) is 13.6 Å². The van der Waals surface area contributed by atoms with Crippen LogP contribution in [0.3, 0.4) is 0 Å². The third-order valence-electron chi connectivity index (χ3n) is 4.57. The van der Waals surface area contributed by atoms with Crippen molar-refractivity contribution in [3.05, 3.63) is 107 Å². The van der Waals surface area contributed by atoms with E-state index in [1.165, 1.54) is 11.1 Å². The summed E-state index contributed by atoms with van der Waals surface area (Å²) in [5.41, 5.74) is 6.60. The Labute approximate surface area is 175 Å². The van der Waals surface area contributed by atoms with Crippen LogP contribution in [0.15, 0.2) is 85.0 Å². The van der Waals surface area contributed by atoms with Crippen molar-refractivity contribution in [2.45, 2.75) is 20.3 Å². The SMILES string of the molecule is C#Cc1ccccc1/C(=C/C=C\C)NCCc1ccccc1/C(=C/C=C\C)NC. The molecule has 0 radical (unpaired) electrons. The fourth-order valence-electron chi connectivity index (χ4n) is 3.11. The van der Waals surface area contributed by atoms with Crippen molar-refractivity contribution in [2.75, 3.05) is 13.6 Å². The van der Waals surface area contributed by atoms with Crippen LogP contribution in [0.5, 0.6) is 0 Å². The second kappa shape index (κ2) is 12.1. The van der Waals surface area contributed by atoms with Crippen molar-refractivity contribution in [1.29, 1.82) is 0 Å². The topological polar surface area (TPSA) is 24.1 Å². The van der Waals surface area contributed by atoms with E-state index in [2.05, 4.69) is 65.1 Å². The van der Waals surface area contributed by atoms with Crippen molar-refractivity contribution in [3.8, 4) is 12.3 Å². The highest BCUT2D eigenvalue weighted by Gasteiger charge is 2.08. The van der Waals surface area contributed by atoms with E-state index < -0.39 is 0 Å². The lowest BCUT2D eigenvalue weighted by Gasteiger charge is -2.16. The van der Waals surface area contributed by atoms with Gasteiger partial charge in [-0.25, -0.2) is 0 Å². The minimum absolute atomic E-state index is 0.805. The predicted molar refractivity (Wildman–Crippen MR) is 127 cm³/mol. The maximum atomic E-state index is 5.70. The molecular weight excluding hydrogens is 352 g/mol. The van der Waals surface area contributed by atoms with E-state index in [0.717, 1.165) is 35.5 Å². The van der Waals surface area contributed by atoms with Gasteiger partial charge < -0.3 is 10.6 Å². The van der Waals surface area contributed by atoms with E-state index in [0.29, 0.717) is 0 Å². The van der Waals surface area contributed by atoms with Gasteiger partial charge in [-0.05, 0) is 44.1 Å². The molecule has 2 heteroatoms. The van der Waals surface area contributed by atoms with Crippen molar-refractivity contribution >= 4 is 11.4 Å². The Balaban J connectivity index is 2.22. The van der Waals surface area contributed by atoms with Crippen LogP contribution in [0.1, 0.15) is 36.1 Å². The number of benzene rings is 2. The van der Waals surface area contributed by atoms with Crippen molar-refractivity contribution < 1.29 is 0 Å². The second-order valence-electron chi connectivity index (χ2n) is 6.49. The number of hydrogen-bond acceptors (Lipinski definition) is 2. The van der Waals surface area contributed by atoms with Crippen LogP contribution in [0, 0.1) is 12.3 Å². The molecule has 0 atom stereocenters. The molecule has 2 N–H and O–H groups in total. The Morgan fingerprint density at radius 2 is 1.52 bits per heavy atom. The highest BCUT2D eigenvalue weighted by molar-refractivity contribution is 5.71. The van der Waals surface area contributed by atoms with Crippen molar-refractivity contribution in [2.24, 2.45) is 0 Å². The summed E-state index contributed by atoms with van der Waals surface area (Å²) in [6, 6.07) is 16.5. The lowest BCUT2D eigenvalue weighted by molar-refractivity contribution is 0.844. The lowest BCUT2D eigenvalue weighted by Crippen LogP contribution is -2.17. The van der Waals surface area contributed by atoms with Gasteiger partial charge in [0.05, 0.1) is 0 Å². The molecule has 0 spiro atoms. The van der Waals surface area contributed by atoms with Gasteiger partial charge in [-0.15, -0.1) is 6.42 Å². The summed E-state index contributed by atoms with van der Waals surface area (Å²) in [6.45, 7) is 4.83. The Morgan fingerprint density at radius 3 is 2.17 bits per heavy atom. The molecule has 0 fully saturated rings. The van der Waals surface area contributed by atoms with Crippen LogP contribution < -0.4 is 10.6 Å². The fourth-order valence-corrected chi connectivity index (χ4v) is 3.11. The van der Waals surface area contributed by atoms with Gasteiger partial charge in [0.2, 0.25) is 0 Å². The molecule has 0 unspecified atom stereocenters. The average molecular weight is 383 g/mol. The number of allylic oxidation sites excluding steroid dienone is 6. The van der Waals surface area contributed by atoms with E-state index in [1.807, 2.05) is 57.3 Å². The maximum absolute atomic E-state index is 5.70. The molecule has 0 aliphatic carbocycles. The van der Waals surface area contributed by atoms with E-state index in [9.17, 15) is 0 Å². The van der Waals surface area contributed by atoms with Crippen LogP contribution in [0.2, 0.25) is 0 Å². The van der Waals surface area contributed by atoms with Gasteiger partial charge in [0.15, 0.2) is 0 Å². The molecule has 148 valence electrons. The van der Waals surface area contributed by atoms with Gasteiger partial charge in [-0.1, -0.05) is 72.7 Å². The summed E-state index contributed by atoms with van der Waals surface area (Å²) in [5.74, 6) is 2.78. The molecule has 0 aliphatic heterocycles. The molecule has 0 bridgehead atoms. The molecule has 0 aromatic heterocycles. The van der Waals surface area contributed by atoms with Crippen molar-refractivity contribution in [3.63, 3.8) is 0 Å². The Hall–Kier alpha value is -3.44. The van der Waals surface area contributed by atoms with Gasteiger partial charge in [0, 0.05) is 41.7 Å². The largest absolute Gasteiger partial charge is 0.388 e. The first-order chi connectivity index (χ1) is 14.2. The minimum Gasteiger partial charge on any atom is -0.388 e. The standard InChI is InChI=1S/C27H30N2/c1-5-8-18-26(28-4)25-17-13-11-15-23(25)20-21-29-27(19-9-6-2)24-16-12-10-14-22(24)7-3/h3,5-6,8-19,28-29H,20-21H2,1-2,4H3/b8-5-,9-6-,26-18-,27-19-. The Bertz CT molecular complexity index is 952. The first-order valence-electron chi connectivity index (χ1n) is 9.97. The van der Waals surface area contributed by atoms with E-state index >= 15 is 0 Å². The van der Waals surface area contributed by atoms with Crippen LogP contribution in [0.25, 0.3) is 11.4 Å². The zero-order chi connectivity index (χ0) is 20.9. The first-order valence-corrected chi connectivity index (χ1v) is 9.97. The van der Waals surface area contributed by atoms with Gasteiger partial charge in [-0.3, -0.25) is 0 Å². The highest BCUT2D eigenvalue weighted by atomic mass is 14.9. The third kappa shape index (κ3) is 6.30. The van der Waals surface area contributed by atoms with Crippen molar-refractivity contribution in [1.82, 2.24) is 10.6 Å². The smallest absolute Gasteiger partial charge is 0.0426 e. The molecule has 2 rings (SSSR count). The van der Waals surface area contributed by atoms with Gasteiger partial charge >= 0.3 is 0 Å². The predicted octanol–water partition coefficient (Wildman–Crippen LogP) is 5.55. The quantitative estimate of drug-likeness (QED) is 0.439. The van der Waals surface area contributed by atoms with Crippen LogP contribution >= 0.6 is 0 Å². The second-order valence-corrected chi connectivity index (χ2v) is 6.49. The van der Waals surface area contributed by atoms with Crippen LogP contribution in [0.4, 0.5) is 0 Å². The monoisotopic (exact) mass is 382 g/mol. The molecule has 29 heavy (non-hydrogen) atoms. The molecule has 0 aliphatic rings. The molecule has 0 saturated heterocycles. The molecule has 2 nitrogen and oxygen atoms in total. The molecule has 0 amide bonds. The number of nitrogens with one attached hydrogen (secondary N) is 2. The zero-order valence-corrected chi connectivity index (χ0v) is 17.6. The summed E-state index contributed by atoms with van der Waals surface area (Å²) < 4.78 is 0. The molecular formula is C27H30N2. The number of terminal acetylenes is 1. The fraction of sp³-hybridized carbons (Fsp3) is 0.185. The van der Waals surface area contributed by atoms with E-state index in [4.69, 9.17) is 6.42 Å². The normalized spacial score (nSPS) is 12.3. The van der Waals surface area contributed by atoms with Gasteiger partial charge in [-0.2, -0.15) is 0 Å². The zero-order valence-electron chi connectivity index (χ0n) is 17.6. The average Bonchev–Trinajstić information content (AvgIpc) is 2.77. The summed E-state index contributed by atoms with van der Waals surface area (Å²) in [4.78, 5) is 0. The molecule has 2 aromatic rings.